The van der Waals surface area contributed by atoms with Gasteiger partial charge in [-0.25, -0.2) is 4.39 Å². The van der Waals surface area contributed by atoms with Crippen LogP contribution >= 0.6 is 11.6 Å². The van der Waals surface area contributed by atoms with Crippen LogP contribution < -0.4 is 0 Å². The first-order chi connectivity index (χ1) is 11.0. The lowest BCUT2D eigenvalue weighted by atomic mass is 9.97. The van der Waals surface area contributed by atoms with Crippen LogP contribution in [0.5, 0.6) is 0 Å². The van der Waals surface area contributed by atoms with Crippen molar-refractivity contribution in [1.29, 1.82) is 0 Å². The highest BCUT2D eigenvalue weighted by molar-refractivity contribution is 6.33. The van der Waals surface area contributed by atoms with Crippen molar-refractivity contribution in [2.75, 3.05) is 0 Å². The molecule has 0 N–H and O–H groups in total. The summed E-state index contributed by atoms with van der Waals surface area (Å²) in [5.41, 5.74) is 3.60. The number of nitrogens with zero attached hydrogens (tertiary/aromatic N) is 4. The Morgan fingerprint density at radius 2 is 2.17 bits per heavy atom. The van der Waals surface area contributed by atoms with E-state index in [1.54, 1.807) is 0 Å². The standard InChI is InChI=1S/C17H16ClFN4/c1-10(8-20-9-11(2)19)14-6-13-4-5-16-22-21-12(3)23(16)17(13)15(18)7-14/h6-9H,1,4-5H2,2-3H3/b11-9+,20-8-. The van der Waals surface area contributed by atoms with Crippen LogP contribution in [0, 0.1) is 6.92 Å². The summed E-state index contributed by atoms with van der Waals surface area (Å²) in [4.78, 5) is 3.90. The number of aryl methyl sites for hydroxylation is 3. The Labute approximate surface area is 139 Å². The van der Waals surface area contributed by atoms with E-state index in [1.807, 2.05) is 23.6 Å². The first kappa shape index (κ1) is 15.6. The molecule has 3 rings (SSSR count). The molecule has 0 aliphatic carbocycles. The summed E-state index contributed by atoms with van der Waals surface area (Å²) >= 11 is 6.50. The highest BCUT2D eigenvalue weighted by Crippen LogP contribution is 2.33. The van der Waals surface area contributed by atoms with Crippen LogP contribution in [0.3, 0.4) is 0 Å². The van der Waals surface area contributed by atoms with Crippen molar-refractivity contribution < 1.29 is 4.39 Å². The summed E-state index contributed by atoms with van der Waals surface area (Å²) < 4.78 is 14.7. The van der Waals surface area contributed by atoms with E-state index in [-0.39, 0.29) is 5.83 Å². The molecule has 0 spiro atoms. The topological polar surface area (TPSA) is 43.1 Å². The zero-order valence-electron chi connectivity index (χ0n) is 13.0. The van der Waals surface area contributed by atoms with E-state index in [0.29, 0.717) is 10.6 Å². The molecule has 1 aromatic carbocycles. The number of fused-ring (bicyclic) bond motifs is 3. The maximum atomic E-state index is 12.7. The molecule has 0 atom stereocenters. The SMILES string of the molecule is C=C(/C=N\C=C(/C)F)c1cc(Cl)c2c(c1)CCc1nnc(C)n1-2. The Morgan fingerprint density at radius 1 is 1.39 bits per heavy atom. The van der Waals surface area contributed by atoms with Gasteiger partial charge in [-0.1, -0.05) is 18.2 Å². The van der Waals surface area contributed by atoms with Crippen LogP contribution in [-0.4, -0.2) is 21.0 Å². The summed E-state index contributed by atoms with van der Waals surface area (Å²) in [5, 5.41) is 8.93. The maximum absolute atomic E-state index is 12.7. The molecule has 4 nitrogen and oxygen atoms in total. The van der Waals surface area contributed by atoms with Crippen molar-refractivity contribution in [1.82, 2.24) is 14.8 Å². The maximum Gasteiger partial charge on any atom is 0.137 e. The quantitative estimate of drug-likeness (QED) is 0.790. The Morgan fingerprint density at radius 3 is 2.91 bits per heavy atom. The lowest BCUT2D eigenvalue weighted by Gasteiger charge is -2.21. The van der Waals surface area contributed by atoms with Gasteiger partial charge in [0, 0.05) is 12.6 Å². The molecule has 2 heterocycles. The predicted molar refractivity (Wildman–Crippen MR) is 90.9 cm³/mol. The van der Waals surface area contributed by atoms with E-state index in [4.69, 9.17) is 11.6 Å². The third-order valence-corrected chi connectivity index (χ3v) is 4.02. The number of allylic oxidation sites excluding steroid dienone is 2. The number of hydrogen-bond acceptors (Lipinski definition) is 3. The van der Waals surface area contributed by atoms with Gasteiger partial charge in [-0.05, 0) is 49.1 Å². The van der Waals surface area contributed by atoms with Gasteiger partial charge in [-0.3, -0.25) is 9.56 Å². The molecule has 0 amide bonds. The number of hydrogen-bond donors (Lipinski definition) is 0. The van der Waals surface area contributed by atoms with Gasteiger partial charge in [-0.2, -0.15) is 0 Å². The number of aliphatic imine (C=N–C) groups is 1. The van der Waals surface area contributed by atoms with Gasteiger partial charge in [0.2, 0.25) is 0 Å². The lowest BCUT2D eigenvalue weighted by molar-refractivity contribution is 0.637. The summed E-state index contributed by atoms with van der Waals surface area (Å²) in [6.07, 6.45) is 4.34. The summed E-state index contributed by atoms with van der Waals surface area (Å²) in [6, 6.07) is 3.89. The fraction of sp³-hybridized carbons (Fsp3) is 0.235. The van der Waals surface area contributed by atoms with E-state index < -0.39 is 0 Å². The molecule has 1 aromatic heterocycles. The predicted octanol–water partition coefficient (Wildman–Crippen LogP) is 4.24. The van der Waals surface area contributed by atoms with E-state index in [0.717, 1.165) is 47.5 Å². The first-order valence-corrected chi connectivity index (χ1v) is 7.63. The van der Waals surface area contributed by atoms with E-state index in [1.165, 1.54) is 13.1 Å². The lowest BCUT2D eigenvalue weighted by Crippen LogP contribution is -2.14. The van der Waals surface area contributed by atoms with Crippen LogP contribution in [-0.2, 0) is 12.8 Å². The summed E-state index contributed by atoms with van der Waals surface area (Å²) in [7, 11) is 0. The number of benzene rings is 1. The smallest absolute Gasteiger partial charge is 0.137 e. The zero-order chi connectivity index (χ0) is 16.6. The third kappa shape index (κ3) is 2.97. The van der Waals surface area contributed by atoms with Crippen molar-refractivity contribution in [3.63, 3.8) is 0 Å². The molecule has 1 aliphatic rings. The van der Waals surface area contributed by atoms with Crippen LogP contribution in [0.1, 0.15) is 29.7 Å². The Kier molecular flexibility index (Phi) is 4.13. The molecule has 6 heteroatoms. The van der Waals surface area contributed by atoms with E-state index >= 15 is 0 Å². The van der Waals surface area contributed by atoms with Gasteiger partial charge in [0.15, 0.2) is 0 Å². The van der Waals surface area contributed by atoms with E-state index in [2.05, 4.69) is 21.8 Å². The molecular weight excluding hydrogens is 315 g/mol. The fourth-order valence-electron chi connectivity index (χ4n) is 2.69. The van der Waals surface area contributed by atoms with Gasteiger partial charge in [-0.15, -0.1) is 10.2 Å². The fourth-order valence-corrected chi connectivity index (χ4v) is 3.02. The van der Waals surface area contributed by atoms with Gasteiger partial charge >= 0.3 is 0 Å². The second-order valence-corrected chi connectivity index (χ2v) is 5.89. The van der Waals surface area contributed by atoms with E-state index in [9.17, 15) is 4.39 Å². The summed E-state index contributed by atoms with van der Waals surface area (Å²) in [5.74, 6) is 1.39. The minimum atomic E-state index is -0.354. The van der Waals surface area contributed by atoms with Crippen LogP contribution in [0.4, 0.5) is 4.39 Å². The molecule has 118 valence electrons. The first-order valence-electron chi connectivity index (χ1n) is 7.26. The summed E-state index contributed by atoms with van der Waals surface area (Å²) in [6.45, 7) is 7.22. The minimum absolute atomic E-state index is 0.354. The second-order valence-electron chi connectivity index (χ2n) is 5.48. The Balaban J connectivity index is 2.01. The second kappa shape index (κ2) is 6.08. The highest BCUT2D eigenvalue weighted by Gasteiger charge is 2.22. The van der Waals surface area contributed by atoms with Crippen molar-refractivity contribution >= 4 is 23.4 Å². The molecule has 1 aliphatic heterocycles. The normalized spacial score (nSPS) is 14.0. The molecule has 2 aromatic rings. The number of aromatic nitrogens is 3. The molecule has 0 saturated heterocycles. The zero-order valence-corrected chi connectivity index (χ0v) is 13.7. The molecular formula is C17H16ClFN4. The average molecular weight is 331 g/mol. The monoisotopic (exact) mass is 330 g/mol. The van der Waals surface area contributed by atoms with Crippen LogP contribution in [0.15, 0.2) is 35.7 Å². The molecule has 0 bridgehead atoms. The van der Waals surface area contributed by atoms with Gasteiger partial charge in [0.1, 0.15) is 17.5 Å². The van der Waals surface area contributed by atoms with Gasteiger partial charge in [0.25, 0.3) is 0 Å². The average Bonchev–Trinajstić information content (AvgIpc) is 2.88. The van der Waals surface area contributed by atoms with Gasteiger partial charge in [0.05, 0.1) is 16.9 Å². The van der Waals surface area contributed by atoms with Crippen molar-refractivity contribution in [2.45, 2.75) is 26.7 Å². The van der Waals surface area contributed by atoms with Crippen LogP contribution in [0.25, 0.3) is 11.3 Å². The molecule has 23 heavy (non-hydrogen) atoms. The largest absolute Gasteiger partial charge is 0.281 e. The molecule has 0 unspecified atom stereocenters. The van der Waals surface area contributed by atoms with Crippen LogP contribution in [0.2, 0.25) is 5.02 Å². The minimum Gasteiger partial charge on any atom is -0.281 e. The van der Waals surface area contributed by atoms with Crippen molar-refractivity contribution in [2.24, 2.45) is 4.99 Å². The van der Waals surface area contributed by atoms with Crippen molar-refractivity contribution in [3.8, 4) is 5.69 Å². The Bertz CT molecular complexity index is 845. The number of halogens is 2. The molecule has 0 radical (unpaired) electrons. The van der Waals surface area contributed by atoms with Crippen molar-refractivity contribution in [3.05, 3.63) is 58.5 Å². The Hall–Kier alpha value is -2.27. The highest BCUT2D eigenvalue weighted by atomic mass is 35.5. The molecule has 0 fully saturated rings. The van der Waals surface area contributed by atoms with Gasteiger partial charge < -0.3 is 0 Å². The number of rotatable bonds is 3. The molecule has 0 saturated carbocycles. The third-order valence-electron chi connectivity index (χ3n) is 3.73.